The third-order valence-corrected chi connectivity index (χ3v) is 13.6. The number of fused-ring (bicyclic) bond motifs is 1. The van der Waals surface area contributed by atoms with E-state index in [1.165, 1.54) is 0 Å². The second-order valence-corrected chi connectivity index (χ2v) is 17.3. The van der Waals surface area contributed by atoms with Gasteiger partial charge in [0.05, 0.1) is 12.9 Å². The number of nitrogens with zero attached hydrogens (tertiary/aromatic N) is 4. The summed E-state index contributed by atoms with van der Waals surface area (Å²) in [6, 6.07) is 0. The minimum Gasteiger partial charge on any atom is -0.808 e. The first-order valence-electron chi connectivity index (χ1n) is 11.2. The van der Waals surface area contributed by atoms with E-state index in [1.54, 1.807) is 0 Å². The molecule has 3 N–H and O–H groups in total. The molecule has 1 fully saturated rings. The predicted octanol–water partition coefficient (Wildman–Crippen LogP) is -12.0. The van der Waals surface area contributed by atoms with Crippen molar-refractivity contribution in [2.45, 2.75) is 53.0 Å². The SMILES string of the molecule is CCCSc1nc(NCC(F)(F)F)c2ncn([C@@H]3O[C@H](COP(=O)([O-])OP(=O)([O-])C(Cl)(Cl)P(=O)([O-])[O-])[C@@H](O)[C@H]3O)c2n1.[Na+].[Na+].[Na+].[Na+]. The van der Waals surface area contributed by atoms with E-state index in [-0.39, 0.29) is 140 Å². The molecule has 1 saturated heterocycles. The summed E-state index contributed by atoms with van der Waals surface area (Å²) < 4.78 is 83.6. The predicted molar refractivity (Wildman–Crippen MR) is 131 cm³/mol. The molecule has 0 radical (unpaired) electrons. The molecule has 2 unspecified atom stereocenters. The van der Waals surface area contributed by atoms with Crippen LogP contribution < -0.4 is 143 Å². The molecule has 6 atom stereocenters. The number of rotatable bonds is 13. The Kier molecular flexibility index (Phi) is 22.6. The number of halogens is 5. The number of anilines is 1. The molecule has 0 spiro atoms. The first kappa shape index (κ1) is 51.5. The Morgan fingerprint density at radius 2 is 1.67 bits per heavy atom. The van der Waals surface area contributed by atoms with E-state index in [0.29, 0.717) is 12.2 Å². The topological polar surface area (TPSA) is 267 Å². The van der Waals surface area contributed by atoms with Gasteiger partial charge in [-0.2, -0.15) is 13.2 Å². The van der Waals surface area contributed by atoms with Crippen LogP contribution in [0, 0.1) is 0 Å². The van der Waals surface area contributed by atoms with Gasteiger partial charge < -0.3 is 53.5 Å². The van der Waals surface area contributed by atoms with Crippen LogP contribution in [0.2, 0.25) is 0 Å². The molecule has 2 aromatic rings. The number of nitrogens with one attached hydrogen (secondary N) is 1. The van der Waals surface area contributed by atoms with Crippen molar-refractivity contribution in [3.05, 3.63) is 6.33 Å². The van der Waals surface area contributed by atoms with Gasteiger partial charge in [0, 0.05) is 5.75 Å². The molecule has 0 aromatic carbocycles. The van der Waals surface area contributed by atoms with Crippen molar-refractivity contribution in [1.29, 1.82) is 0 Å². The Labute approximate surface area is 361 Å². The van der Waals surface area contributed by atoms with E-state index < -0.39 is 70.7 Å². The fraction of sp³-hybridized carbons (Fsp3) is 0.688. The summed E-state index contributed by atoms with van der Waals surface area (Å²) in [6.45, 7) is -0.870. The number of alkyl halides is 5. The number of aliphatic hydroxyl groups is 2. The number of aliphatic hydroxyl groups excluding tert-OH is 2. The summed E-state index contributed by atoms with van der Waals surface area (Å²) in [4.78, 5) is 58.2. The molecule has 46 heavy (non-hydrogen) atoms. The second kappa shape index (κ2) is 20.2. The van der Waals surface area contributed by atoms with Crippen LogP contribution in [0.5, 0.6) is 0 Å². The number of thioether (sulfide) groups is 1. The smallest absolute Gasteiger partial charge is 0.808 e. The molecule has 3 rings (SSSR count). The summed E-state index contributed by atoms with van der Waals surface area (Å²) in [7, 11) is -18.8. The number of ether oxygens (including phenoxy) is 1. The van der Waals surface area contributed by atoms with Gasteiger partial charge in [-0.25, -0.2) is 15.0 Å². The maximum atomic E-state index is 12.8. The van der Waals surface area contributed by atoms with Gasteiger partial charge in [0.1, 0.15) is 24.9 Å². The zero-order valence-corrected chi connectivity index (χ0v) is 37.6. The molecular weight excluding hydrogens is 799 g/mol. The first-order chi connectivity index (χ1) is 19.1. The van der Waals surface area contributed by atoms with Gasteiger partial charge >= 0.3 is 124 Å². The van der Waals surface area contributed by atoms with Crippen LogP contribution in [0.4, 0.5) is 19.0 Å². The molecule has 0 aliphatic carbocycles. The number of phosphoric acid groups is 1. The number of imidazole rings is 1. The van der Waals surface area contributed by atoms with Crippen LogP contribution in [0.3, 0.4) is 0 Å². The van der Waals surface area contributed by atoms with Crippen LogP contribution >= 0.6 is 58.0 Å². The Morgan fingerprint density at radius 3 is 2.20 bits per heavy atom. The van der Waals surface area contributed by atoms with Gasteiger partial charge in [-0.05, 0) is 14.0 Å². The molecule has 0 bridgehead atoms. The Balaban J connectivity index is 0. The molecule has 1 aliphatic rings. The van der Waals surface area contributed by atoms with E-state index in [0.717, 1.165) is 22.7 Å². The monoisotopic (exact) mass is 817 g/mol. The molecule has 17 nitrogen and oxygen atoms in total. The Hall–Kier alpha value is 3.40. The first-order valence-corrected chi connectivity index (χ1v) is 17.5. The van der Waals surface area contributed by atoms with Crippen LogP contribution in [-0.2, 0) is 27.3 Å². The summed E-state index contributed by atoms with van der Waals surface area (Å²) in [5.41, 5.74) is -0.315. The van der Waals surface area contributed by atoms with Crippen molar-refractivity contribution in [3.8, 4) is 0 Å². The second-order valence-electron chi connectivity index (χ2n) is 8.37. The van der Waals surface area contributed by atoms with E-state index in [1.807, 2.05) is 6.92 Å². The van der Waals surface area contributed by atoms with Crippen LogP contribution in [0.15, 0.2) is 11.5 Å². The molecular formula is C16H19Cl2F3N5Na4O12P3S. The standard InChI is InChI=1S/C16H23Cl2F3N5O12P3S.4Na/c1-2-3-42-14-24-11(22-5-15(19,20)21)8-12(25-14)26(6-23-8)13-10(28)9(27)7(37-13)4-36-41(34,35)38-40(32,33)16(17,18)39(29,30)31;;;;/h6-7,9-10,13,27-28H,2-5H2,1H3,(H,32,33)(H,34,35)(H,22,24,25)(H2,29,30,31);;;;/q;4*+1/p-4/t7-,9-,10-,13-;;;;/m1..../s1. The van der Waals surface area contributed by atoms with Crippen molar-refractivity contribution >= 4 is 75.0 Å². The van der Waals surface area contributed by atoms with E-state index >= 15 is 0 Å². The fourth-order valence-corrected chi connectivity index (χ4v) is 8.01. The van der Waals surface area contributed by atoms with Crippen LogP contribution in [0.25, 0.3) is 11.2 Å². The molecule has 1 aliphatic heterocycles. The average molecular weight is 818 g/mol. The van der Waals surface area contributed by atoms with E-state index in [4.69, 9.17) is 27.9 Å². The molecule has 0 amide bonds. The van der Waals surface area contributed by atoms with Crippen molar-refractivity contribution in [2.24, 2.45) is 0 Å². The molecule has 0 saturated carbocycles. The van der Waals surface area contributed by atoms with Crippen molar-refractivity contribution < 1.29 is 188 Å². The van der Waals surface area contributed by atoms with E-state index in [2.05, 4.69) is 29.1 Å². The fourth-order valence-electron chi connectivity index (χ4n) is 3.26. The summed E-state index contributed by atoms with van der Waals surface area (Å²) >= 11 is 11.1. The third kappa shape index (κ3) is 13.1. The summed E-state index contributed by atoms with van der Waals surface area (Å²) in [5, 5.41) is 23.1. The Morgan fingerprint density at radius 1 is 1.09 bits per heavy atom. The normalized spacial score (nSPS) is 22.8. The average Bonchev–Trinajstić information content (AvgIpc) is 3.38. The molecule has 3 heterocycles. The summed E-state index contributed by atoms with van der Waals surface area (Å²) in [5.74, 6) is 0.187. The number of hydrogen-bond donors (Lipinski definition) is 3. The van der Waals surface area contributed by atoms with Crippen molar-refractivity contribution in [2.75, 3.05) is 24.2 Å². The quantitative estimate of drug-likeness (QED) is 0.0557. The third-order valence-electron chi connectivity index (χ3n) is 5.17. The largest absolute Gasteiger partial charge is 1.00 e. The van der Waals surface area contributed by atoms with Gasteiger partial charge in [0.25, 0.3) is 7.82 Å². The minimum atomic E-state index is -6.41. The number of phosphoric ester groups is 1. The number of hydrogen-bond acceptors (Lipinski definition) is 17. The van der Waals surface area contributed by atoms with Gasteiger partial charge in [0.2, 0.25) is 3.82 Å². The van der Waals surface area contributed by atoms with Gasteiger partial charge in [-0.3, -0.25) is 13.4 Å². The molecule has 2 aromatic heterocycles. The molecule has 30 heteroatoms. The van der Waals surface area contributed by atoms with Crippen LogP contribution in [0.1, 0.15) is 19.6 Å². The van der Waals surface area contributed by atoms with Gasteiger partial charge in [0.15, 0.2) is 36.0 Å². The Bertz CT molecular complexity index is 1450. The summed E-state index contributed by atoms with van der Waals surface area (Å²) in [6.07, 6.45) is -10.1. The van der Waals surface area contributed by atoms with Crippen LogP contribution in [-0.4, -0.2) is 76.9 Å². The van der Waals surface area contributed by atoms with Crippen molar-refractivity contribution in [3.63, 3.8) is 0 Å². The zero-order chi connectivity index (χ0) is 31.9. The maximum absolute atomic E-state index is 12.8. The van der Waals surface area contributed by atoms with Gasteiger partial charge in [-0.15, -0.1) is 0 Å². The van der Waals surface area contributed by atoms with Crippen molar-refractivity contribution in [1.82, 2.24) is 19.5 Å². The molecule has 240 valence electrons. The van der Waals surface area contributed by atoms with E-state index in [9.17, 15) is 56.7 Å². The maximum Gasteiger partial charge on any atom is 1.00 e. The number of aromatic nitrogens is 4. The zero-order valence-electron chi connectivity index (χ0n) is 24.6. The minimum absolute atomic E-state index is 0. The van der Waals surface area contributed by atoms with Gasteiger partial charge in [-0.1, -0.05) is 41.9 Å².